The summed E-state index contributed by atoms with van der Waals surface area (Å²) in [6, 6.07) is 6.13. The lowest BCUT2D eigenvalue weighted by Crippen LogP contribution is -2.45. The zero-order valence-electron chi connectivity index (χ0n) is 12.6. The number of benzene rings is 1. The van der Waals surface area contributed by atoms with Crippen LogP contribution in [-0.4, -0.2) is 18.1 Å². The van der Waals surface area contributed by atoms with Crippen LogP contribution in [0.25, 0.3) is 0 Å². The Morgan fingerprint density at radius 3 is 2.60 bits per heavy atom. The van der Waals surface area contributed by atoms with Crippen molar-refractivity contribution < 1.29 is 9.59 Å². The van der Waals surface area contributed by atoms with Crippen LogP contribution in [0, 0.1) is 19.3 Å². The van der Waals surface area contributed by atoms with Crippen molar-refractivity contribution in [2.24, 2.45) is 5.41 Å². The van der Waals surface area contributed by atoms with E-state index in [1.165, 1.54) is 11.1 Å². The van der Waals surface area contributed by atoms with Gasteiger partial charge in [-0.15, -0.1) is 0 Å². The molecule has 1 aromatic carbocycles. The number of nitrogens with one attached hydrogen (secondary N) is 1. The summed E-state index contributed by atoms with van der Waals surface area (Å²) in [5, 5.41) is 3.29. The maximum atomic E-state index is 12.2. The van der Waals surface area contributed by atoms with Gasteiger partial charge in [-0.05, 0) is 56.9 Å². The van der Waals surface area contributed by atoms with Gasteiger partial charge in [0.25, 0.3) is 0 Å². The lowest BCUT2D eigenvalue weighted by molar-refractivity contribution is -0.141. The number of carbonyl (C=O) groups is 2. The van der Waals surface area contributed by atoms with Crippen LogP contribution in [0.2, 0.25) is 0 Å². The number of hydrogen-bond donors (Lipinski definition) is 1. The molecule has 0 saturated heterocycles. The Morgan fingerprint density at radius 2 is 2.00 bits per heavy atom. The summed E-state index contributed by atoms with van der Waals surface area (Å²) in [5.74, 6) is 0.103. The molecule has 1 aliphatic carbocycles. The molecular formula is C17H23NO2. The minimum atomic E-state index is -0.808. The van der Waals surface area contributed by atoms with Crippen molar-refractivity contribution in [3.8, 4) is 0 Å². The molecule has 0 aliphatic heterocycles. The molecule has 108 valence electrons. The molecular weight excluding hydrogens is 250 g/mol. The first-order valence-electron chi connectivity index (χ1n) is 7.31. The second-order valence-corrected chi connectivity index (χ2v) is 5.92. The van der Waals surface area contributed by atoms with E-state index in [0.717, 1.165) is 18.5 Å². The Labute approximate surface area is 120 Å². The van der Waals surface area contributed by atoms with E-state index in [2.05, 4.69) is 31.3 Å². The maximum Gasteiger partial charge on any atom is 0.148 e. The Kier molecular flexibility index (Phi) is 4.26. The van der Waals surface area contributed by atoms with E-state index in [-0.39, 0.29) is 11.6 Å². The molecule has 0 heterocycles. The molecule has 3 nitrogen and oxygen atoms in total. The van der Waals surface area contributed by atoms with Crippen LogP contribution < -0.4 is 5.32 Å². The standard InChI is InChI=1S/C17H23NO2/c1-12-7-8-15(10-13(12)2)18-11-17(14(3)19)9-5-4-6-16(17)20/h7-8,10,18H,4-6,9,11H2,1-3H3. The smallest absolute Gasteiger partial charge is 0.148 e. The number of hydrogen-bond acceptors (Lipinski definition) is 3. The number of rotatable bonds is 4. The van der Waals surface area contributed by atoms with Gasteiger partial charge in [0.1, 0.15) is 17.0 Å². The maximum absolute atomic E-state index is 12.2. The van der Waals surface area contributed by atoms with Crippen molar-refractivity contribution in [2.75, 3.05) is 11.9 Å². The first-order valence-corrected chi connectivity index (χ1v) is 7.31. The van der Waals surface area contributed by atoms with E-state index in [1.54, 1.807) is 6.92 Å². The first-order chi connectivity index (χ1) is 9.45. The van der Waals surface area contributed by atoms with E-state index in [0.29, 0.717) is 19.4 Å². The summed E-state index contributed by atoms with van der Waals surface area (Å²) in [6.07, 6.45) is 3.09. The van der Waals surface area contributed by atoms with Gasteiger partial charge in [-0.2, -0.15) is 0 Å². The van der Waals surface area contributed by atoms with Gasteiger partial charge < -0.3 is 5.32 Å². The molecule has 1 aromatic rings. The molecule has 1 fully saturated rings. The molecule has 1 unspecified atom stereocenters. The molecule has 0 amide bonds. The molecule has 0 aromatic heterocycles. The number of carbonyl (C=O) groups excluding carboxylic acids is 2. The highest BCUT2D eigenvalue weighted by molar-refractivity contribution is 6.07. The molecule has 1 saturated carbocycles. The van der Waals surface area contributed by atoms with Crippen LogP contribution in [-0.2, 0) is 9.59 Å². The zero-order chi connectivity index (χ0) is 14.8. The van der Waals surface area contributed by atoms with Crippen LogP contribution in [0.1, 0.15) is 43.7 Å². The molecule has 3 heteroatoms. The van der Waals surface area contributed by atoms with Gasteiger partial charge in [-0.1, -0.05) is 12.5 Å². The predicted octanol–water partition coefficient (Wildman–Crippen LogP) is 3.43. The summed E-state index contributed by atoms with van der Waals surface area (Å²) in [7, 11) is 0. The van der Waals surface area contributed by atoms with Crippen molar-refractivity contribution in [3.05, 3.63) is 29.3 Å². The second kappa shape index (κ2) is 5.78. The predicted molar refractivity (Wildman–Crippen MR) is 81.0 cm³/mol. The van der Waals surface area contributed by atoms with Crippen LogP contribution in [0.5, 0.6) is 0 Å². The molecule has 2 rings (SSSR count). The van der Waals surface area contributed by atoms with Crippen molar-refractivity contribution in [1.29, 1.82) is 0 Å². The van der Waals surface area contributed by atoms with E-state index >= 15 is 0 Å². The highest BCUT2D eigenvalue weighted by Crippen LogP contribution is 2.34. The molecule has 1 atom stereocenters. The largest absolute Gasteiger partial charge is 0.384 e. The van der Waals surface area contributed by atoms with E-state index in [4.69, 9.17) is 0 Å². The van der Waals surface area contributed by atoms with Crippen LogP contribution in [0.15, 0.2) is 18.2 Å². The molecule has 0 spiro atoms. The van der Waals surface area contributed by atoms with Gasteiger partial charge in [0.15, 0.2) is 0 Å². The normalized spacial score (nSPS) is 22.6. The van der Waals surface area contributed by atoms with Crippen LogP contribution in [0.4, 0.5) is 5.69 Å². The minimum Gasteiger partial charge on any atom is -0.384 e. The third-order valence-corrected chi connectivity index (χ3v) is 4.57. The monoisotopic (exact) mass is 273 g/mol. The fourth-order valence-electron chi connectivity index (χ4n) is 2.88. The topological polar surface area (TPSA) is 46.2 Å². The average Bonchev–Trinajstić information content (AvgIpc) is 2.41. The van der Waals surface area contributed by atoms with Crippen molar-refractivity contribution in [2.45, 2.75) is 46.5 Å². The van der Waals surface area contributed by atoms with E-state index in [1.807, 2.05) is 6.07 Å². The Morgan fingerprint density at radius 1 is 1.25 bits per heavy atom. The summed E-state index contributed by atoms with van der Waals surface area (Å²) in [5.41, 5.74) is 2.62. The lowest BCUT2D eigenvalue weighted by Gasteiger charge is -2.33. The minimum absolute atomic E-state index is 0.00136. The number of Topliss-reactive ketones (excluding diaryl/α,β-unsaturated/α-hetero) is 2. The van der Waals surface area contributed by atoms with Gasteiger partial charge >= 0.3 is 0 Å². The van der Waals surface area contributed by atoms with Crippen molar-refractivity contribution in [3.63, 3.8) is 0 Å². The highest BCUT2D eigenvalue weighted by Gasteiger charge is 2.43. The molecule has 1 aliphatic rings. The lowest BCUT2D eigenvalue weighted by atomic mass is 9.70. The molecule has 0 radical (unpaired) electrons. The summed E-state index contributed by atoms with van der Waals surface area (Å²) < 4.78 is 0. The Bertz CT molecular complexity index is 536. The quantitative estimate of drug-likeness (QED) is 0.855. The number of anilines is 1. The fraction of sp³-hybridized carbons (Fsp3) is 0.529. The highest BCUT2D eigenvalue weighted by atomic mass is 16.2. The third-order valence-electron chi connectivity index (χ3n) is 4.57. The van der Waals surface area contributed by atoms with Gasteiger partial charge in [0.2, 0.25) is 0 Å². The van der Waals surface area contributed by atoms with E-state index in [9.17, 15) is 9.59 Å². The molecule has 0 bridgehead atoms. The number of aryl methyl sites for hydroxylation is 2. The third kappa shape index (κ3) is 2.77. The second-order valence-electron chi connectivity index (χ2n) is 5.92. The van der Waals surface area contributed by atoms with Crippen molar-refractivity contribution >= 4 is 17.3 Å². The van der Waals surface area contributed by atoms with Crippen LogP contribution in [0.3, 0.4) is 0 Å². The van der Waals surface area contributed by atoms with Gasteiger partial charge in [-0.3, -0.25) is 9.59 Å². The summed E-state index contributed by atoms with van der Waals surface area (Å²) in [6.45, 7) is 6.10. The number of ketones is 2. The molecule has 20 heavy (non-hydrogen) atoms. The Balaban J connectivity index is 2.15. The summed E-state index contributed by atoms with van der Waals surface area (Å²) >= 11 is 0. The average molecular weight is 273 g/mol. The molecule has 1 N–H and O–H groups in total. The Hall–Kier alpha value is -1.64. The van der Waals surface area contributed by atoms with E-state index < -0.39 is 5.41 Å². The van der Waals surface area contributed by atoms with Crippen molar-refractivity contribution in [1.82, 2.24) is 0 Å². The SMILES string of the molecule is CC(=O)C1(CNc2ccc(C)c(C)c2)CCCCC1=O. The first kappa shape index (κ1) is 14.8. The fourth-order valence-corrected chi connectivity index (χ4v) is 2.88. The van der Waals surface area contributed by atoms with Gasteiger partial charge in [0, 0.05) is 18.7 Å². The van der Waals surface area contributed by atoms with Crippen LogP contribution >= 0.6 is 0 Å². The zero-order valence-corrected chi connectivity index (χ0v) is 12.6. The van der Waals surface area contributed by atoms with Gasteiger partial charge in [0.05, 0.1) is 0 Å². The summed E-state index contributed by atoms with van der Waals surface area (Å²) in [4.78, 5) is 24.3. The van der Waals surface area contributed by atoms with Gasteiger partial charge in [-0.25, -0.2) is 0 Å².